The molecule has 3 nitrogen and oxygen atoms in total. The van der Waals surface area contributed by atoms with Crippen LogP contribution in [0.25, 0.3) is 0 Å². The Hall–Kier alpha value is -0.580. The lowest BCUT2D eigenvalue weighted by atomic mass is 9.94. The quantitative estimate of drug-likeness (QED) is 0.814. The lowest BCUT2D eigenvalue weighted by Gasteiger charge is -2.27. The van der Waals surface area contributed by atoms with Crippen molar-refractivity contribution < 1.29 is 9.84 Å². The van der Waals surface area contributed by atoms with E-state index in [9.17, 15) is 5.11 Å². The molecule has 0 bridgehead atoms. The molecule has 1 unspecified atom stereocenters. The molecule has 1 saturated carbocycles. The van der Waals surface area contributed by atoms with E-state index < -0.39 is 5.60 Å². The lowest BCUT2D eigenvalue weighted by Crippen LogP contribution is -2.43. The summed E-state index contributed by atoms with van der Waals surface area (Å²) < 4.78 is 7.05. The maximum atomic E-state index is 10.6. The van der Waals surface area contributed by atoms with Crippen LogP contribution in [0.15, 0.2) is 22.7 Å². The van der Waals surface area contributed by atoms with Crippen molar-refractivity contribution in [1.82, 2.24) is 5.32 Å². The smallest absolute Gasteiger partial charge is 0.123 e. The molecular weight excluding hydrogens is 330 g/mol. The molecule has 1 fully saturated rings. The predicted octanol–water partition coefficient (Wildman–Crippen LogP) is 3.43. The molecule has 1 aliphatic carbocycles. The number of rotatable bonds is 4. The minimum Gasteiger partial charge on any atom is -0.488 e. The van der Waals surface area contributed by atoms with Gasteiger partial charge >= 0.3 is 0 Å². The summed E-state index contributed by atoms with van der Waals surface area (Å²) in [5.74, 6) is 0.998. The molecule has 1 atom stereocenters. The van der Waals surface area contributed by atoms with E-state index in [-0.39, 0.29) is 6.10 Å². The van der Waals surface area contributed by atoms with Crippen LogP contribution < -0.4 is 10.1 Å². The van der Waals surface area contributed by atoms with Gasteiger partial charge in [-0.05, 0) is 36.6 Å². The molecule has 4 heteroatoms. The van der Waals surface area contributed by atoms with Gasteiger partial charge in [0, 0.05) is 24.0 Å². The van der Waals surface area contributed by atoms with Crippen LogP contribution in [0.2, 0.25) is 0 Å². The van der Waals surface area contributed by atoms with Crippen molar-refractivity contribution in [2.24, 2.45) is 0 Å². The molecule has 1 aliphatic heterocycles. The van der Waals surface area contributed by atoms with Crippen LogP contribution in [0.1, 0.15) is 44.1 Å². The third-order valence-electron chi connectivity index (χ3n) is 4.62. The molecule has 1 heterocycles. The number of aliphatic hydroxyl groups is 1. The Morgan fingerprint density at radius 1 is 1.24 bits per heavy atom. The number of ether oxygens (including phenoxy) is 1. The van der Waals surface area contributed by atoms with Crippen molar-refractivity contribution in [3.8, 4) is 5.75 Å². The second-order valence-electron chi connectivity index (χ2n) is 6.47. The standard InChI is InChI=1S/C17H24BrNO2/c18-14-5-6-16-13(9-14)10-15(21-16)11-19-12-17(20)7-3-1-2-4-8-17/h5-6,9,15,19-20H,1-4,7-8,10-12H2. The van der Waals surface area contributed by atoms with E-state index in [2.05, 4.69) is 27.3 Å². The van der Waals surface area contributed by atoms with Gasteiger partial charge in [0.05, 0.1) is 5.60 Å². The molecule has 0 amide bonds. The van der Waals surface area contributed by atoms with E-state index in [4.69, 9.17) is 4.74 Å². The van der Waals surface area contributed by atoms with Crippen molar-refractivity contribution in [2.75, 3.05) is 13.1 Å². The molecule has 0 aromatic heterocycles. The number of hydrogen-bond donors (Lipinski definition) is 2. The molecule has 116 valence electrons. The monoisotopic (exact) mass is 353 g/mol. The Labute approximate surface area is 135 Å². The maximum absolute atomic E-state index is 10.6. The van der Waals surface area contributed by atoms with Gasteiger partial charge in [-0.15, -0.1) is 0 Å². The average molecular weight is 354 g/mol. The Morgan fingerprint density at radius 2 is 2.00 bits per heavy atom. The highest BCUT2D eigenvalue weighted by Crippen LogP contribution is 2.31. The Balaban J connectivity index is 1.46. The Morgan fingerprint density at radius 3 is 2.76 bits per heavy atom. The zero-order valence-corrected chi connectivity index (χ0v) is 14.0. The second kappa shape index (κ2) is 6.67. The minimum absolute atomic E-state index is 0.184. The average Bonchev–Trinajstić information content (AvgIpc) is 2.71. The van der Waals surface area contributed by atoms with Gasteiger partial charge < -0.3 is 15.2 Å². The number of benzene rings is 1. The fourth-order valence-electron chi connectivity index (χ4n) is 3.43. The Bertz CT molecular complexity index is 484. The van der Waals surface area contributed by atoms with Crippen LogP contribution in [-0.2, 0) is 6.42 Å². The largest absolute Gasteiger partial charge is 0.488 e. The lowest BCUT2D eigenvalue weighted by molar-refractivity contribution is 0.0235. The molecule has 1 aromatic rings. The van der Waals surface area contributed by atoms with Gasteiger partial charge in [-0.2, -0.15) is 0 Å². The van der Waals surface area contributed by atoms with E-state index in [1.807, 2.05) is 12.1 Å². The Kier molecular flexibility index (Phi) is 4.87. The van der Waals surface area contributed by atoms with Crippen LogP contribution in [0, 0.1) is 0 Å². The van der Waals surface area contributed by atoms with Crippen LogP contribution in [0.3, 0.4) is 0 Å². The summed E-state index contributed by atoms with van der Waals surface area (Å²) in [5, 5.41) is 14.1. The fourth-order valence-corrected chi connectivity index (χ4v) is 3.84. The zero-order chi connectivity index (χ0) is 14.7. The number of fused-ring (bicyclic) bond motifs is 1. The third kappa shape index (κ3) is 3.99. The van der Waals surface area contributed by atoms with Crippen LogP contribution >= 0.6 is 15.9 Å². The van der Waals surface area contributed by atoms with Crippen LogP contribution in [0.5, 0.6) is 5.75 Å². The van der Waals surface area contributed by atoms with Gasteiger partial charge in [0.2, 0.25) is 0 Å². The van der Waals surface area contributed by atoms with Crippen LogP contribution in [-0.4, -0.2) is 29.9 Å². The first-order valence-electron chi connectivity index (χ1n) is 8.03. The van der Waals surface area contributed by atoms with Gasteiger partial charge in [-0.25, -0.2) is 0 Å². The van der Waals surface area contributed by atoms with Gasteiger partial charge in [0.15, 0.2) is 0 Å². The zero-order valence-electron chi connectivity index (χ0n) is 12.4. The van der Waals surface area contributed by atoms with E-state index in [1.54, 1.807) is 0 Å². The molecule has 21 heavy (non-hydrogen) atoms. The first-order chi connectivity index (χ1) is 10.1. The second-order valence-corrected chi connectivity index (χ2v) is 7.38. The van der Waals surface area contributed by atoms with E-state index in [0.29, 0.717) is 6.54 Å². The molecular formula is C17H24BrNO2. The third-order valence-corrected chi connectivity index (χ3v) is 5.12. The molecule has 1 aromatic carbocycles. The van der Waals surface area contributed by atoms with Gasteiger partial charge in [0.25, 0.3) is 0 Å². The van der Waals surface area contributed by atoms with Gasteiger partial charge in [0.1, 0.15) is 11.9 Å². The van der Waals surface area contributed by atoms with E-state index in [1.165, 1.54) is 18.4 Å². The van der Waals surface area contributed by atoms with E-state index in [0.717, 1.165) is 48.9 Å². The molecule has 2 aliphatic rings. The SMILES string of the molecule is OC1(CNCC2Cc3cc(Br)ccc3O2)CCCCCC1. The summed E-state index contributed by atoms with van der Waals surface area (Å²) in [6, 6.07) is 6.18. The van der Waals surface area contributed by atoms with Crippen molar-refractivity contribution in [1.29, 1.82) is 0 Å². The first kappa shape index (κ1) is 15.3. The summed E-state index contributed by atoms with van der Waals surface area (Å²) in [7, 11) is 0. The highest BCUT2D eigenvalue weighted by molar-refractivity contribution is 9.10. The van der Waals surface area contributed by atoms with Crippen molar-refractivity contribution in [3.63, 3.8) is 0 Å². The maximum Gasteiger partial charge on any atom is 0.123 e. The highest BCUT2D eigenvalue weighted by atomic mass is 79.9. The number of hydrogen-bond acceptors (Lipinski definition) is 3. The summed E-state index contributed by atoms with van der Waals surface area (Å²) in [5.41, 5.74) is 0.759. The molecule has 3 rings (SSSR count). The fraction of sp³-hybridized carbons (Fsp3) is 0.647. The predicted molar refractivity (Wildman–Crippen MR) is 87.8 cm³/mol. The molecule has 0 spiro atoms. The first-order valence-corrected chi connectivity index (χ1v) is 8.82. The molecule has 0 radical (unpaired) electrons. The van der Waals surface area contributed by atoms with Crippen molar-refractivity contribution in [3.05, 3.63) is 28.2 Å². The number of halogens is 1. The molecule has 0 saturated heterocycles. The topological polar surface area (TPSA) is 41.5 Å². The summed E-state index contributed by atoms with van der Waals surface area (Å²) in [4.78, 5) is 0. The van der Waals surface area contributed by atoms with Crippen molar-refractivity contribution in [2.45, 2.75) is 56.7 Å². The normalized spacial score (nSPS) is 24.2. The molecule has 2 N–H and O–H groups in total. The summed E-state index contributed by atoms with van der Waals surface area (Å²) in [6.45, 7) is 1.49. The summed E-state index contributed by atoms with van der Waals surface area (Å²) >= 11 is 3.50. The van der Waals surface area contributed by atoms with Gasteiger partial charge in [-0.3, -0.25) is 0 Å². The minimum atomic E-state index is -0.509. The van der Waals surface area contributed by atoms with E-state index >= 15 is 0 Å². The van der Waals surface area contributed by atoms with Crippen LogP contribution in [0.4, 0.5) is 0 Å². The summed E-state index contributed by atoms with van der Waals surface area (Å²) in [6.07, 6.45) is 7.81. The number of nitrogens with one attached hydrogen (secondary N) is 1. The highest BCUT2D eigenvalue weighted by Gasteiger charge is 2.29. The van der Waals surface area contributed by atoms with Gasteiger partial charge in [-0.1, -0.05) is 41.6 Å². The van der Waals surface area contributed by atoms with Crippen molar-refractivity contribution >= 4 is 15.9 Å².